The van der Waals surface area contributed by atoms with Crippen LogP contribution >= 0.6 is 0 Å². The van der Waals surface area contributed by atoms with Crippen LogP contribution in [0.1, 0.15) is 23.2 Å². The van der Waals surface area contributed by atoms with Crippen LogP contribution in [0.2, 0.25) is 0 Å². The average molecular weight is 497 g/mol. The van der Waals surface area contributed by atoms with E-state index in [1.54, 1.807) is 12.1 Å². The van der Waals surface area contributed by atoms with Crippen molar-refractivity contribution in [2.24, 2.45) is 0 Å². The molecule has 0 fully saturated rings. The number of aromatic amines is 1. The zero-order valence-electron chi connectivity index (χ0n) is 17.8. The number of amides is 2. The summed E-state index contributed by atoms with van der Waals surface area (Å²) in [7, 11) is 0. The van der Waals surface area contributed by atoms with Crippen LogP contribution in [0.4, 0.5) is 23.1 Å². The Hall–Kier alpha value is -3.62. The number of hydrogen-bond donors (Lipinski definition) is 7. The number of aromatic nitrogens is 2. The molecule has 0 saturated heterocycles. The first-order valence-electron chi connectivity index (χ1n) is 10.2. The van der Waals surface area contributed by atoms with Crippen LogP contribution < -0.4 is 32.1 Å². The van der Waals surface area contributed by atoms with Crippen LogP contribution in [0, 0.1) is 0 Å². The van der Waals surface area contributed by atoms with Gasteiger partial charge in [0.25, 0.3) is 5.91 Å². The second kappa shape index (κ2) is 12.2. The molecule has 1 aromatic carbocycles. The minimum atomic E-state index is -1.33. The van der Waals surface area contributed by atoms with Gasteiger partial charge in [-0.25, -0.2) is 4.79 Å². The van der Waals surface area contributed by atoms with Crippen LogP contribution in [-0.2, 0) is 14.4 Å². The topological polar surface area (TPSA) is 220 Å². The molecule has 0 bridgehead atoms. The Balaban J connectivity index is 0.00000432. The van der Waals surface area contributed by atoms with Gasteiger partial charge >= 0.3 is 47.1 Å². The fourth-order valence-corrected chi connectivity index (χ4v) is 3.40. The number of carbonyl (C=O) groups is 4. The predicted molar refractivity (Wildman–Crippen MR) is 128 cm³/mol. The van der Waals surface area contributed by atoms with E-state index >= 15 is 0 Å². The Labute approximate surface area is 220 Å². The second-order valence-electron chi connectivity index (χ2n) is 7.45. The van der Waals surface area contributed by atoms with Gasteiger partial charge in [0.2, 0.25) is 12.4 Å². The van der Waals surface area contributed by atoms with E-state index in [-0.39, 0.29) is 59.7 Å². The normalized spacial score (nSPS) is 15.0. The number of carboxylic acid groups (broad SMARTS) is 2. The van der Waals surface area contributed by atoms with E-state index in [2.05, 4.69) is 25.9 Å². The molecule has 182 valence electrons. The van der Waals surface area contributed by atoms with Crippen molar-refractivity contribution in [3.05, 3.63) is 40.2 Å². The molecule has 0 spiro atoms. The number of nitrogens with one attached hydrogen (secondary N) is 4. The van der Waals surface area contributed by atoms with Gasteiger partial charge < -0.3 is 41.8 Å². The second-order valence-corrected chi connectivity index (χ2v) is 7.45. The number of anilines is 4. The van der Waals surface area contributed by atoms with Gasteiger partial charge in [-0.1, -0.05) is 0 Å². The molecule has 1 aromatic heterocycles. The molecule has 0 saturated carbocycles. The van der Waals surface area contributed by atoms with E-state index in [0.717, 1.165) is 0 Å². The summed E-state index contributed by atoms with van der Waals surface area (Å²) in [5, 5.41) is 26.3. The predicted octanol–water partition coefficient (Wildman–Crippen LogP) is -1.38. The molecule has 0 radical (unpaired) electrons. The summed E-state index contributed by atoms with van der Waals surface area (Å²) in [5.41, 5.74) is 5.74. The number of rotatable bonds is 10. The molecular weight excluding hydrogens is 473 g/mol. The van der Waals surface area contributed by atoms with Crippen molar-refractivity contribution >= 4 is 77.0 Å². The summed E-state index contributed by atoms with van der Waals surface area (Å²) in [6, 6.07) is 4.36. The third-order valence-corrected chi connectivity index (χ3v) is 5.13. The average Bonchev–Trinajstić information content (AvgIpc) is 2.79. The summed E-state index contributed by atoms with van der Waals surface area (Å²) >= 11 is 0. The van der Waals surface area contributed by atoms with Gasteiger partial charge in [-0.3, -0.25) is 19.2 Å². The monoisotopic (exact) mass is 497 g/mol. The number of aliphatic carboxylic acids is 2. The van der Waals surface area contributed by atoms with Gasteiger partial charge in [0, 0.05) is 30.8 Å². The number of H-pyrrole nitrogens is 1. The fraction of sp³-hybridized carbons (Fsp3) is 0.300. The van der Waals surface area contributed by atoms with Gasteiger partial charge in [-0.05, 0) is 30.7 Å². The number of nitrogen functional groups attached to an aromatic ring is 1. The summed E-state index contributed by atoms with van der Waals surface area (Å²) in [5.74, 6) is -2.91. The van der Waals surface area contributed by atoms with E-state index in [9.17, 15) is 29.1 Å². The Morgan fingerprint density at radius 2 is 1.94 bits per heavy atom. The van der Waals surface area contributed by atoms with Crippen molar-refractivity contribution in [2.75, 3.05) is 34.4 Å². The number of hydrogen-bond acceptors (Lipinski definition) is 9. The van der Waals surface area contributed by atoms with Gasteiger partial charge in [-0.2, -0.15) is 4.98 Å². The fourth-order valence-electron chi connectivity index (χ4n) is 3.40. The van der Waals surface area contributed by atoms with Crippen molar-refractivity contribution < 1.29 is 29.4 Å². The molecule has 35 heavy (non-hydrogen) atoms. The van der Waals surface area contributed by atoms with Crippen LogP contribution in [0.25, 0.3) is 0 Å². The molecule has 2 amide bonds. The Bertz CT molecular complexity index is 1160. The van der Waals surface area contributed by atoms with Crippen LogP contribution in [0.5, 0.6) is 0 Å². The first-order valence-corrected chi connectivity index (χ1v) is 10.2. The van der Waals surface area contributed by atoms with Crippen molar-refractivity contribution in [3.8, 4) is 0 Å². The third-order valence-electron chi connectivity index (χ3n) is 5.13. The van der Waals surface area contributed by atoms with Crippen molar-refractivity contribution in [2.45, 2.75) is 24.9 Å². The summed E-state index contributed by atoms with van der Waals surface area (Å²) in [4.78, 5) is 65.7. The van der Waals surface area contributed by atoms with E-state index in [4.69, 9.17) is 10.8 Å². The third kappa shape index (κ3) is 6.94. The molecule has 1 aliphatic rings. The molecule has 0 aliphatic carbocycles. The molecule has 1 unspecified atom stereocenters. The Kier molecular flexibility index (Phi) is 9.62. The first-order chi connectivity index (χ1) is 16.2. The number of benzene rings is 1. The maximum absolute atomic E-state index is 12.3. The quantitative estimate of drug-likeness (QED) is 0.150. The number of nitrogens with two attached hydrogens (primary N) is 1. The molecule has 15 heteroatoms. The van der Waals surface area contributed by atoms with E-state index < -0.39 is 41.9 Å². The number of carboxylic acids is 2. The molecule has 14 nitrogen and oxygen atoms in total. The molecular formula is C20H24N7NaO7. The Morgan fingerprint density at radius 3 is 2.54 bits per heavy atom. The van der Waals surface area contributed by atoms with Gasteiger partial charge in [0.1, 0.15) is 11.9 Å². The summed E-state index contributed by atoms with van der Waals surface area (Å²) in [6.07, 6.45) is -0.101. The number of fused-ring (bicyclic) bond motifs is 1. The molecule has 2 atom stereocenters. The van der Waals surface area contributed by atoms with Crippen LogP contribution in [0.3, 0.4) is 0 Å². The number of carbonyl (C=O) groups excluding carboxylic acids is 2. The van der Waals surface area contributed by atoms with Gasteiger partial charge in [-0.15, -0.1) is 0 Å². The molecule has 3 rings (SSSR count). The molecule has 2 heterocycles. The van der Waals surface area contributed by atoms with Gasteiger partial charge in [0.15, 0.2) is 5.69 Å². The standard InChI is InChI=1S/C20H23N7O7.Na.H/c21-20-25-16-15(18(32)26-20)27(9-28)12(8-23-16)7-22-11-3-1-10(2-4-11)17(31)24-13(19(33)34)5-6-14(29)30;;/h1-4,9,12-13,22H,5-8H2,(H,24,31)(H,29,30)(H,33,34)(H4,21,23,25,26,32);;/t12?,13-;;/m0../s1. The molecule has 2 aromatic rings. The van der Waals surface area contributed by atoms with Crippen LogP contribution in [-0.4, -0.2) is 99.2 Å². The van der Waals surface area contributed by atoms with Crippen LogP contribution in [0.15, 0.2) is 29.1 Å². The maximum atomic E-state index is 12.3. The molecule has 1 aliphatic heterocycles. The zero-order valence-corrected chi connectivity index (χ0v) is 17.8. The van der Waals surface area contributed by atoms with Crippen molar-refractivity contribution in [1.29, 1.82) is 0 Å². The summed E-state index contributed by atoms with van der Waals surface area (Å²) in [6.45, 7) is 0.586. The number of nitrogens with zero attached hydrogens (tertiary/aromatic N) is 2. The van der Waals surface area contributed by atoms with E-state index in [1.807, 2.05) is 0 Å². The SMILES string of the molecule is Nc1nc(=O)c2c([nH]1)NCC(CNc1ccc(C(=O)N[C@@H](CCC(=O)O)C(=O)O)cc1)N2C=O.[NaH]. The zero-order chi connectivity index (χ0) is 24.8. The van der Waals surface area contributed by atoms with Crippen molar-refractivity contribution in [1.82, 2.24) is 15.3 Å². The van der Waals surface area contributed by atoms with Gasteiger partial charge in [0.05, 0.1) is 6.04 Å². The van der Waals surface area contributed by atoms with Crippen molar-refractivity contribution in [3.63, 3.8) is 0 Å². The molecule has 8 N–H and O–H groups in total. The van der Waals surface area contributed by atoms with E-state index in [0.29, 0.717) is 24.5 Å². The van der Waals surface area contributed by atoms with E-state index in [1.165, 1.54) is 17.0 Å². The summed E-state index contributed by atoms with van der Waals surface area (Å²) < 4.78 is 0. The Morgan fingerprint density at radius 1 is 1.26 bits per heavy atom. The first kappa shape index (κ1) is 27.6. The minimum absolute atomic E-state index is 0.